The molecule has 0 radical (unpaired) electrons. The largest absolute Gasteiger partial charge is 0.395 e. The van der Waals surface area contributed by atoms with Crippen LogP contribution in [0.25, 0.3) is 0 Å². The molecule has 1 rings (SSSR count). The molecule has 4 nitrogen and oxygen atoms in total. The average Bonchev–Trinajstić information content (AvgIpc) is 2.27. The van der Waals surface area contributed by atoms with Gasteiger partial charge in [0, 0.05) is 6.04 Å². The van der Waals surface area contributed by atoms with Crippen LogP contribution in [0.3, 0.4) is 0 Å². The lowest BCUT2D eigenvalue weighted by atomic mass is 10.2. The minimum absolute atomic E-state index is 0.0430. The molecule has 1 aromatic rings. The molecule has 90 valence electrons. The Morgan fingerprint density at radius 3 is 2.50 bits per heavy atom. The van der Waals surface area contributed by atoms with E-state index in [2.05, 4.69) is 4.72 Å². The molecule has 0 bridgehead atoms. The van der Waals surface area contributed by atoms with Crippen molar-refractivity contribution in [3.8, 4) is 0 Å². The second-order valence-corrected chi connectivity index (χ2v) is 5.63. The minimum atomic E-state index is -3.30. The zero-order valence-electron chi connectivity index (χ0n) is 9.26. The maximum atomic E-state index is 11.6. The first-order valence-electron chi connectivity index (χ1n) is 5.18. The number of rotatable bonds is 6. The molecule has 5 heteroatoms. The van der Waals surface area contributed by atoms with Crippen molar-refractivity contribution in [2.45, 2.75) is 19.4 Å². The van der Waals surface area contributed by atoms with E-state index < -0.39 is 16.1 Å². The summed E-state index contributed by atoms with van der Waals surface area (Å²) in [4.78, 5) is 0. The van der Waals surface area contributed by atoms with E-state index in [-0.39, 0.29) is 12.4 Å². The van der Waals surface area contributed by atoms with Gasteiger partial charge in [0.15, 0.2) is 0 Å². The lowest BCUT2D eigenvalue weighted by Gasteiger charge is -2.11. The number of hydrogen-bond donors (Lipinski definition) is 2. The molecule has 0 saturated carbocycles. The van der Waals surface area contributed by atoms with Gasteiger partial charge in [0.1, 0.15) is 0 Å². The number of hydrogen-bond acceptors (Lipinski definition) is 3. The first-order chi connectivity index (χ1) is 7.53. The second-order valence-electron chi connectivity index (χ2n) is 3.76. The van der Waals surface area contributed by atoms with Gasteiger partial charge in [0.25, 0.3) is 0 Å². The van der Waals surface area contributed by atoms with Crippen molar-refractivity contribution < 1.29 is 13.5 Å². The topological polar surface area (TPSA) is 66.4 Å². The van der Waals surface area contributed by atoms with Gasteiger partial charge < -0.3 is 5.11 Å². The number of aliphatic hydroxyl groups excluding tert-OH is 1. The van der Waals surface area contributed by atoms with Crippen LogP contribution in [-0.4, -0.2) is 31.9 Å². The Bertz CT molecular complexity index is 402. The van der Waals surface area contributed by atoms with E-state index >= 15 is 0 Å². The van der Waals surface area contributed by atoms with Crippen molar-refractivity contribution in [2.24, 2.45) is 0 Å². The molecule has 0 aliphatic rings. The summed E-state index contributed by atoms with van der Waals surface area (Å²) in [5, 5.41) is 8.76. The fraction of sp³-hybridized carbons (Fsp3) is 0.455. The molecule has 0 fully saturated rings. The lowest BCUT2D eigenvalue weighted by molar-refractivity contribution is 0.265. The van der Waals surface area contributed by atoms with Gasteiger partial charge in [-0.3, -0.25) is 0 Å². The molecule has 16 heavy (non-hydrogen) atoms. The van der Waals surface area contributed by atoms with Gasteiger partial charge in [0.2, 0.25) is 10.0 Å². The summed E-state index contributed by atoms with van der Waals surface area (Å²) < 4.78 is 25.5. The number of benzene rings is 1. The van der Waals surface area contributed by atoms with Crippen molar-refractivity contribution in [1.82, 2.24) is 4.72 Å². The molecule has 0 amide bonds. The van der Waals surface area contributed by atoms with Crippen LogP contribution in [0.5, 0.6) is 0 Å². The first-order valence-corrected chi connectivity index (χ1v) is 6.83. The van der Waals surface area contributed by atoms with Crippen molar-refractivity contribution in [2.75, 3.05) is 12.4 Å². The fourth-order valence-corrected chi connectivity index (χ4v) is 2.61. The molecule has 0 heterocycles. The van der Waals surface area contributed by atoms with Crippen molar-refractivity contribution >= 4 is 10.0 Å². The van der Waals surface area contributed by atoms with Crippen LogP contribution < -0.4 is 4.72 Å². The lowest BCUT2D eigenvalue weighted by Crippen LogP contribution is -2.37. The van der Waals surface area contributed by atoms with E-state index in [0.717, 1.165) is 5.56 Å². The van der Waals surface area contributed by atoms with Crippen LogP contribution in [0.2, 0.25) is 0 Å². The minimum Gasteiger partial charge on any atom is -0.395 e. The highest BCUT2D eigenvalue weighted by molar-refractivity contribution is 7.89. The SMILES string of the molecule is CC(CO)NS(=O)(=O)CCc1ccccc1. The Labute approximate surface area is 96.4 Å². The number of aliphatic hydroxyl groups is 1. The van der Waals surface area contributed by atoms with E-state index in [0.29, 0.717) is 6.42 Å². The van der Waals surface area contributed by atoms with Gasteiger partial charge in [-0.2, -0.15) is 0 Å². The molecular weight excluding hydrogens is 226 g/mol. The summed E-state index contributed by atoms with van der Waals surface area (Å²) >= 11 is 0. The third kappa shape index (κ3) is 4.74. The summed E-state index contributed by atoms with van der Waals surface area (Å²) in [5.41, 5.74) is 0.990. The Morgan fingerprint density at radius 1 is 1.31 bits per heavy atom. The summed E-state index contributed by atoms with van der Waals surface area (Å²) in [6, 6.07) is 9.01. The predicted molar refractivity (Wildman–Crippen MR) is 63.6 cm³/mol. The van der Waals surface area contributed by atoms with Crippen molar-refractivity contribution in [1.29, 1.82) is 0 Å². The summed E-state index contributed by atoms with van der Waals surface area (Å²) in [7, 11) is -3.30. The van der Waals surface area contributed by atoms with Gasteiger partial charge in [0.05, 0.1) is 12.4 Å². The summed E-state index contributed by atoms with van der Waals surface area (Å²) in [5.74, 6) is 0.0430. The quantitative estimate of drug-likeness (QED) is 0.766. The first kappa shape index (κ1) is 13.2. The maximum absolute atomic E-state index is 11.6. The Hall–Kier alpha value is -0.910. The van der Waals surface area contributed by atoms with Crippen LogP contribution in [0.15, 0.2) is 30.3 Å². The third-order valence-corrected chi connectivity index (χ3v) is 3.66. The third-order valence-electron chi connectivity index (χ3n) is 2.16. The highest BCUT2D eigenvalue weighted by atomic mass is 32.2. The molecule has 0 aliphatic heterocycles. The molecule has 0 spiro atoms. The monoisotopic (exact) mass is 243 g/mol. The van der Waals surface area contributed by atoms with E-state index in [1.165, 1.54) is 0 Å². The molecule has 1 atom stereocenters. The summed E-state index contributed by atoms with van der Waals surface area (Å²) in [6.07, 6.45) is 0.480. The summed E-state index contributed by atoms with van der Waals surface area (Å²) in [6.45, 7) is 1.44. The molecule has 1 unspecified atom stereocenters. The van der Waals surface area contributed by atoms with E-state index in [9.17, 15) is 8.42 Å². The van der Waals surface area contributed by atoms with E-state index in [4.69, 9.17) is 5.11 Å². The fourth-order valence-electron chi connectivity index (χ4n) is 1.30. The molecule has 0 saturated heterocycles. The molecule has 0 aliphatic carbocycles. The van der Waals surface area contributed by atoms with Gasteiger partial charge in [-0.15, -0.1) is 0 Å². The number of sulfonamides is 1. The molecule has 2 N–H and O–H groups in total. The zero-order valence-corrected chi connectivity index (χ0v) is 10.1. The highest BCUT2D eigenvalue weighted by Gasteiger charge is 2.13. The second kappa shape index (κ2) is 5.98. The van der Waals surface area contributed by atoms with Crippen LogP contribution in [0, 0.1) is 0 Å². The van der Waals surface area contributed by atoms with Crippen LogP contribution in [0.4, 0.5) is 0 Å². The Balaban J connectivity index is 2.49. The zero-order chi connectivity index (χ0) is 12.0. The van der Waals surface area contributed by atoms with Gasteiger partial charge in [-0.1, -0.05) is 30.3 Å². The van der Waals surface area contributed by atoms with Gasteiger partial charge in [-0.05, 0) is 18.9 Å². The number of nitrogens with one attached hydrogen (secondary N) is 1. The van der Waals surface area contributed by atoms with Crippen LogP contribution in [0.1, 0.15) is 12.5 Å². The van der Waals surface area contributed by atoms with E-state index in [1.54, 1.807) is 6.92 Å². The maximum Gasteiger partial charge on any atom is 0.212 e. The van der Waals surface area contributed by atoms with Crippen LogP contribution in [-0.2, 0) is 16.4 Å². The van der Waals surface area contributed by atoms with Crippen molar-refractivity contribution in [3.63, 3.8) is 0 Å². The Morgan fingerprint density at radius 2 is 1.94 bits per heavy atom. The molecular formula is C11H17NO3S. The average molecular weight is 243 g/mol. The molecule has 1 aromatic carbocycles. The molecule has 0 aromatic heterocycles. The van der Waals surface area contributed by atoms with E-state index in [1.807, 2.05) is 30.3 Å². The standard InChI is InChI=1S/C11H17NO3S/c1-10(9-13)12-16(14,15)8-7-11-5-3-2-4-6-11/h2-6,10,12-13H,7-9H2,1H3. The van der Waals surface area contributed by atoms with Crippen LogP contribution >= 0.6 is 0 Å². The van der Waals surface area contributed by atoms with Gasteiger partial charge in [-0.25, -0.2) is 13.1 Å². The van der Waals surface area contributed by atoms with Crippen molar-refractivity contribution in [3.05, 3.63) is 35.9 Å². The predicted octanol–water partition coefficient (Wildman–Crippen LogP) is 0.529. The van der Waals surface area contributed by atoms with Gasteiger partial charge >= 0.3 is 0 Å². The smallest absolute Gasteiger partial charge is 0.212 e. The Kier molecular flexibility index (Phi) is 4.92. The number of aryl methyl sites for hydroxylation is 1. The highest BCUT2D eigenvalue weighted by Crippen LogP contribution is 2.01. The normalized spacial score (nSPS) is 13.6.